The van der Waals surface area contributed by atoms with Gasteiger partial charge in [-0.3, -0.25) is 0 Å². The molecule has 3 atom stereocenters. The molecule has 0 radical (unpaired) electrons. The monoisotopic (exact) mass is 299 g/mol. The lowest BCUT2D eigenvalue weighted by molar-refractivity contribution is 0.189. The molecule has 1 saturated carbocycles. The molecule has 3 unspecified atom stereocenters. The fourth-order valence-electron chi connectivity index (χ4n) is 3.15. The van der Waals surface area contributed by atoms with Crippen molar-refractivity contribution in [2.24, 2.45) is 23.5 Å². The summed E-state index contributed by atoms with van der Waals surface area (Å²) in [7, 11) is 0. The van der Waals surface area contributed by atoms with Crippen molar-refractivity contribution in [3.05, 3.63) is 33.8 Å². The molecule has 1 aliphatic rings. The number of halogens is 2. The van der Waals surface area contributed by atoms with Gasteiger partial charge in [0, 0.05) is 6.04 Å². The van der Waals surface area contributed by atoms with E-state index in [1.54, 1.807) is 0 Å². The fraction of sp³-hybridized carbons (Fsp3) is 0.625. The van der Waals surface area contributed by atoms with Gasteiger partial charge < -0.3 is 5.73 Å². The average molecular weight is 300 g/mol. The lowest BCUT2D eigenvalue weighted by Crippen LogP contribution is -2.38. The van der Waals surface area contributed by atoms with Gasteiger partial charge in [0.15, 0.2) is 0 Å². The summed E-state index contributed by atoms with van der Waals surface area (Å²) in [6.07, 6.45) is 4.55. The Morgan fingerprint density at radius 2 is 2.00 bits per heavy atom. The predicted molar refractivity (Wildman–Crippen MR) is 83.8 cm³/mol. The summed E-state index contributed by atoms with van der Waals surface area (Å²) >= 11 is 12.4. The molecule has 1 aromatic rings. The van der Waals surface area contributed by atoms with Crippen molar-refractivity contribution in [2.75, 3.05) is 0 Å². The highest BCUT2D eigenvalue weighted by atomic mass is 35.5. The van der Waals surface area contributed by atoms with Crippen LogP contribution in [-0.2, 0) is 6.42 Å². The lowest BCUT2D eigenvalue weighted by Gasteiger charge is -2.36. The second-order valence-corrected chi connectivity index (χ2v) is 6.94. The molecule has 1 nitrogen and oxygen atoms in total. The smallest absolute Gasteiger partial charge is 0.0624 e. The van der Waals surface area contributed by atoms with Crippen molar-refractivity contribution >= 4 is 23.2 Å². The van der Waals surface area contributed by atoms with Crippen LogP contribution in [0.4, 0.5) is 0 Å². The highest BCUT2D eigenvalue weighted by Crippen LogP contribution is 2.36. The Labute approximate surface area is 126 Å². The number of benzene rings is 1. The molecule has 0 heterocycles. The molecule has 3 heteroatoms. The van der Waals surface area contributed by atoms with E-state index in [9.17, 15) is 0 Å². The van der Waals surface area contributed by atoms with Crippen molar-refractivity contribution in [3.63, 3.8) is 0 Å². The second kappa shape index (κ2) is 6.47. The molecular formula is C16H23Cl2N. The van der Waals surface area contributed by atoms with Gasteiger partial charge in [0.2, 0.25) is 0 Å². The summed E-state index contributed by atoms with van der Waals surface area (Å²) in [5, 5.41) is 1.34. The van der Waals surface area contributed by atoms with Crippen LogP contribution in [0.3, 0.4) is 0 Å². The van der Waals surface area contributed by atoms with Crippen LogP contribution in [0.1, 0.15) is 38.7 Å². The van der Waals surface area contributed by atoms with E-state index in [1.165, 1.54) is 12.8 Å². The standard InChI is InChI=1S/C16H23Cl2N/c1-10(2)11-6-7-15(19)13(8-11)9-12-4-3-5-14(17)16(12)18/h3-5,10-11,13,15H,6-9,19H2,1-2H3. The van der Waals surface area contributed by atoms with Crippen LogP contribution in [0.5, 0.6) is 0 Å². The summed E-state index contributed by atoms with van der Waals surface area (Å²) in [4.78, 5) is 0. The van der Waals surface area contributed by atoms with Crippen molar-refractivity contribution < 1.29 is 0 Å². The Hall–Kier alpha value is -0.240. The largest absolute Gasteiger partial charge is 0.327 e. The maximum atomic E-state index is 6.30. The SMILES string of the molecule is CC(C)C1CCC(N)C(Cc2cccc(Cl)c2Cl)C1. The van der Waals surface area contributed by atoms with Crippen LogP contribution in [0, 0.1) is 17.8 Å². The van der Waals surface area contributed by atoms with Gasteiger partial charge in [-0.25, -0.2) is 0 Å². The van der Waals surface area contributed by atoms with Gasteiger partial charge in [-0.1, -0.05) is 49.2 Å². The molecule has 1 aliphatic carbocycles. The van der Waals surface area contributed by atoms with Crippen LogP contribution in [-0.4, -0.2) is 6.04 Å². The zero-order valence-corrected chi connectivity index (χ0v) is 13.2. The molecule has 0 aromatic heterocycles. The lowest BCUT2D eigenvalue weighted by atomic mass is 9.72. The van der Waals surface area contributed by atoms with Gasteiger partial charge in [-0.15, -0.1) is 0 Å². The molecule has 0 saturated heterocycles. The zero-order valence-electron chi connectivity index (χ0n) is 11.7. The van der Waals surface area contributed by atoms with E-state index in [0.717, 1.165) is 30.2 Å². The fourth-order valence-corrected chi connectivity index (χ4v) is 3.55. The van der Waals surface area contributed by atoms with Crippen LogP contribution in [0.25, 0.3) is 0 Å². The molecule has 2 rings (SSSR count). The molecule has 0 bridgehead atoms. The maximum Gasteiger partial charge on any atom is 0.0624 e. The maximum absolute atomic E-state index is 6.30. The zero-order chi connectivity index (χ0) is 14.0. The van der Waals surface area contributed by atoms with Crippen LogP contribution >= 0.6 is 23.2 Å². The number of nitrogens with two attached hydrogens (primary N) is 1. The predicted octanol–water partition coefficient (Wildman–Crippen LogP) is 4.94. The Bertz CT molecular complexity index is 431. The van der Waals surface area contributed by atoms with Gasteiger partial charge in [-0.05, 0) is 55.1 Å². The molecule has 0 amide bonds. The van der Waals surface area contributed by atoms with Gasteiger partial charge >= 0.3 is 0 Å². The molecule has 0 spiro atoms. The summed E-state index contributed by atoms with van der Waals surface area (Å²) in [5.41, 5.74) is 7.44. The Morgan fingerprint density at radius 3 is 2.68 bits per heavy atom. The van der Waals surface area contributed by atoms with E-state index >= 15 is 0 Å². The normalized spacial score (nSPS) is 27.8. The van der Waals surface area contributed by atoms with Gasteiger partial charge in [-0.2, -0.15) is 0 Å². The van der Waals surface area contributed by atoms with Gasteiger partial charge in [0.05, 0.1) is 10.0 Å². The summed E-state index contributed by atoms with van der Waals surface area (Å²) in [6.45, 7) is 4.62. The van der Waals surface area contributed by atoms with Crippen molar-refractivity contribution in [2.45, 2.75) is 45.6 Å². The average Bonchev–Trinajstić information content (AvgIpc) is 2.37. The van der Waals surface area contributed by atoms with Crippen LogP contribution in [0.15, 0.2) is 18.2 Å². The summed E-state index contributed by atoms with van der Waals surface area (Å²) in [6, 6.07) is 6.17. The summed E-state index contributed by atoms with van der Waals surface area (Å²) in [5.74, 6) is 2.06. The first-order valence-electron chi connectivity index (χ1n) is 7.17. The quantitative estimate of drug-likeness (QED) is 0.841. The molecular weight excluding hydrogens is 277 g/mol. The van der Waals surface area contributed by atoms with E-state index in [4.69, 9.17) is 28.9 Å². The summed E-state index contributed by atoms with van der Waals surface area (Å²) < 4.78 is 0. The second-order valence-electron chi connectivity index (χ2n) is 6.16. The minimum Gasteiger partial charge on any atom is -0.327 e. The minimum atomic E-state index is 0.296. The Kier molecular flexibility index (Phi) is 5.16. The van der Waals surface area contributed by atoms with Gasteiger partial charge in [0.25, 0.3) is 0 Å². The van der Waals surface area contributed by atoms with E-state index in [-0.39, 0.29) is 0 Å². The topological polar surface area (TPSA) is 26.0 Å². The number of rotatable bonds is 3. The van der Waals surface area contributed by atoms with E-state index in [0.29, 0.717) is 22.0 Å². The van der Waals surface area contributed by atoms with Gasteiger partial charge in [0.1, 0.15) is 0 Å². The van der Waals surface area contributed by atoms with Crippen molar-refractivity contribution in [3.8, 4) is 0 Å². The van der Waals surface area contributed by atoms with Crippen LogP contribution < -0.4 is 5.73 Å². The van der Waals surface area contributed by atoms with E-state index in [2.05, 4.69) is 19.9 Å². The third-order valence-electron chi connectivity index (χ3n) is 4.54. The molecule has 2 N–H and O–H groups in total. The van der Waals surface area contributed by atoms with Crippen LogP contribution in [0.2, 0.25) is 10.0 Å². The number of hydrogen-bond donors (Lipinski definition) is 1. The first-order valence-corrected chi connectivity index (χ1v) is 7.93. The first-order chi connectivity index (χ1) is 8.99. The molecule has 1 fully saturated rings. The van der Waals surface area contributed by atoms with Crippen molar-refractivity contribution in [1.82, 2.24) is 0 Å². The van der Waals surface area contributed by atoms with Crippen molar-refractivity contribution in [1.29, 1.82) is 0 Å². The molecule has 106 valence electrons. The first kappa shape index (κ1) is 15.2. The Morgan fingerprint density at radius 1 is 1.26 bits per heavy atom. The molecule has 1 aromatic carbocycles. The van der Waals surface area contributed by atoms with E-state index < -0.39 is 0 Å². The third-order valence-corrected chi connectivity index (χ3v) is 5.40. The van der Waals surface area contributed by atoms with E-state index in [1.807, 2.05) is 12.1 Å². The highest BCUT2D eigenvalue weighted by Gasteiger charge is 2.30. The molecule has 0 aliphatic heterocycles. The Balaban J connectivity index is 2.10. The number of hydrogen-bond acceptors (Lipinski definition) is 1. The third kappa shape index (κ3) is 3.65. The highest BCUT2D eigenvalue weighted by molar-refractivity contribution is 6.42. The minimum absolute atomic E-state index is 0.296. The molecule has 19 heavy (non-hydrogen) atoms.